The molecule has 0 heterocycles. The third-order valence-electron chi connectivity index (χ3n) is 4.71. The van der Waals surface area contributed by atoms with Crippen LogP contribution < -0.4 is 20.1 Å². The molecule has 0 radical (unpaired) electrons. The normalized spacial score (nSPS) is 11.9. The molecule has 3 rings (SSSR count). The van der Waals surface area contributed by atoms with Crippen LogP contribution in [0.2, 0.25) is 5.02 Å². The highest BCUT2D eigenvalue weighted by Crippen LogP contribution is 2.34. The van der Waals surface area contributed by atoms with Crippen LogP contribution in [-0.4, -0.2) is 25.0 Å². The Kier molecular flexibility index (Phi) is 7.68. The summed E-state index contributed by atoms with van der Waals surface area (Å²) in [4.78, 5) is 24.9. The molecule has 2 amide bonds. The van der Waals surface area contributed by atoms with Crippen LogP contribution in [-0.2, 0) is 11.0 Å². The average Bonchev–Trinajstić information content (AvgIpc) is 2.80. The molecule has 1 atom stereocenters. The van der Waals surface area contributed by atoms with Gasteiger partial charge in [0.1, 0.15) is 11.5 Å². The number of ether oxygens (including phenoxy) is 2. The number of para-hydroxylation sites is 2. The van der Waals surface area contributed by atoms with E-state index in [1.54, 1.807) is 24.3 Å². The number of alkyl halides is 3. The van der Waals surface area contributed by atoms with Gasteiger partial charge in [-0.1, -0.05) is 23.7 Å². The van der Waals surface area contributed by atoms with Gasteiger partial charge in [0, 0.05) is 5.56 Å². The van der Waals surface area contributed by atoms with E-state index in [0.717, 1.165) is 18.2 Å². The fraction of sp³-hybridized carbons (Fsp3) is 0.167. The molecule has 3 aromatic rings. The Balaban J connectivity index is 1.63. The largest absolute Gasteiger partial charge is 0.495 e. The minimum Gasteiger partial charge on any atom is -0.495 e. The summed E-state index contributed by atoms with van der Waals surface area (Å²) in [6.45, 7) is 1.43. The number of amides is 2. The van der Waals surface area contributed by atoms with Crippen molar-refractivity contribution >= 4 is 34.8 Å². The number of hydrogen-bond acceptors (Lipinski definition) is 4. The van der Waals surface area contributed by atoms with E-state index in [2.05, 4.69) is 10.6 Å². The topological polar surface area (TPSA) is 76.7 Å². The molecule has 10 heteroatoms. The monoisotopic (exact) mass is 492 g/mol. The molecule has 0 saturated heterocycles. The van der Waals surface area contributed by atoms with Crippen molar-refractivity contribution in [2.75, 3.05) is 17.7 Å². The standard InChI is InChI=1S/C24H20ClF3N2O4/c1-14(22(31)30-20-13-16(24(26,27)28)9-12-18(20)25)34-17-10-7-15(8-11-17)23(32)29-19-5-3-4-6-21(19)33-2/h3-14H,1-2H3,(H,29,32)(H,30,31)/t14-/m0/s1. The van der Waals surface area contributed by atoms with Crippen LogP contribution in [0, 0.1) is 0 Å². The van der Waals surface area contributed by atoms with Crippen molar-refractivity contribution < 1.29 is 32.2 Å². The smallest absolute Gasteiger partial charge is 0.416 e. The molecule has 0 aliphatic carbocycles. The SMILES string of the molecule is COc1ccccc1NC(=O)c1ccc(O[C@@H](C)C(=O)Nc2cc(C(F)(F)F)ccc2Cl)cc1. The van der Waals surface area contributed by atoms with Crippen molar-refractivity contribution in [3.8, 4) is 11.5 Å². The van der Waals surface area contributed by atoms with Crippen molar-refractivity contribution in [2.45, 2.75) is 19.2 Å². The molecular weight excluding hydrogens is 473 g/mol. The van der Waals surface area contributed by atoms with E-state index < -0.39 is 23.8 Å². The second-order valence-electron chi connectivity index (χ2n) is 7.12. The van der Waals surface area contributed by atoms with Crippen LogP contribution in [0.4, 0.5) is 24.5 Å². The van der Waals surface area contributed by atoms with Gasteiger partial charge in [-0.25, -0.2) is 0 Å². The zero-order valence-electron chi connectivity index (χ0n) is 18.1. The van der Waals surface area contributed by atoms with E-state index in [1.165, 1.54) is 38.3 Å². The summed E-state index contributed by atoms with van der Waals surface area (Å²) in [6, 6.07) is 15.6. The van der Waals surface area contributed by atoms with Gasteiger partial charge in [0.25, 0.3) is 11.8 Å². The second-order valence-corrected chi connectivity index (χ2v) is 7.53. The van der Waals surface area contributed by atoms with Crippen molar-refractivity contribution in [3.05, 3.63) is 82.9 Å². The van der Waals surface area contributed by atoms with Gasteiger partial charge in [0.2, 0.25) is 0 Å². The lowest BCUT2D eigenvalue weighted by molar-refractivity contribution is -0.137. The lowest BCUT2D eigenvalue weighted by Crippen LogP contribution is -2.30. The molecule has 0 saturated carbocycles. The maximum atomic E-state index is 12.9. The first-order chi connectivity index (χ1) is 16.1. The predicted octanol–water partition coefficient (Wildman–Crippen LogP) is 6.03. The van der Waals surface area contributed by atoms with Gasteiger partial charge in [-0.2, -0.15) is 13.2 Å². The Bertz CT molecular complexity index is 1180. The minimum absolute atomic E-state index is 0.0426. The lowest BCUT2D eigenvalue weighted by atomic mass is 10.2. The van der Waals surface area contributed by atoms with Crippen molar-refractivity contribution in [2.24, 2.45) is 0 Å². The van der Waals surface area contributed by atoms with E-state index >= 15 is 0 Å². The van der Waals surface area contributed by atoms with Gasteiger partial charge in [-0.05, 0) is 61.5 Å². The van der Waals surface area contributed by atoms with E-state index in [1.807, 2.05) is 0 Å². The van der Waals surface area contributed by atoms with Crippen LogP contribution in [0.3, 0.4) is 0 Å². The molecule has 2 N–H and O–H groups in total. The third-order valence-corrected chi connectivity index (χ3v) is 5.03. The Morgan fingerprint density at radius 1 is 0.941 bits per heavy atom. The number of halogens is 4. The minimum atomic E-state index is -4.58. The first-order valence-electron chi connectivity index (χ1n) is 9.97. The lowest BCUT2D eigenvalue weighted by Gasteiger charge is -2.16. The maximum absolute atomic E-state index is 12.9. The Morgan fingerprint density at radius 2 is 1.62 bits per heavy atom. The summed E-state index contributed by atoms with van der Waals surface area (Å²) in [5, 5.41) is 5.04. The van der Waals surface area contributed by atoms with E-state index in [-0.39, 0.29) is 22.4 Å². The van der Waals surface area contributed by atoms with Crippen LogP contribution in [0.25, 0.3) is 0 Å². The van der Waals surface area contributed by atoms with Gasteiger partial charge in [0.15, 0.2) is 6.10 Å². The van der Waals surface area contributed by atoms with Gasteiger partial charge >= 0.3 is 6.18 Å². The Hall–Kier alpha value is -3.72. The predicted molar refractivity (Wildman–Crippen MR) is 123 cm³/mol. The third kappa shape index (κ3) is 6.20. The molecule has 178 valence electrons. The van der Waals surface area contributed by atoms with Crippen molar-refractivity contribution in [3.63, 3.8) is 0 Å². The number of rotatable bonds is 7. The number of carbonyl (C=O) groups excluding carboxylic acids is 2. The summed E-state index contributed by atoms with van der Waals surface area (Å²) in [6.07, 6.45) is -5.63. The fourth-order valence-corrected chi connectivity index (χ4v) is 3.08. The van der Waals surface area contributed by atoms with Gasteiger partial charge < -0.3 is 20.1 Å². The van der Waals surface area contributed by atoms with Crippen molar-refractivity contribution in [1.29, 1.82) is 0 Å². The average molecular weight is 493 g/mol. The second kappa shape index (κ2) is 10.5. The molecule has 0 fully saturated rings. The highest BCUT2D eigenvalue weighted by Gasteiger charge is 2.31. The van der Waals surface area contributed by atoms with E-state index in [4.69, 9.17) is 21.1 Å². The summed E-state index contributed by atoms with van der Waals surface area (Å²) in [7, 11) is 1.50. The number of methoxy groups -OCH3 is 1. The molecule has 0 aliphatic rings. The summed E-state index contributed by atoms with van der Waals surface area (Å²) < 4.78 is 49.5. The van der Waals surface area contributed by atoms with Gasteiger partial charge in [-0.15, -0.1) is 0 Å². The van der Waals surface area contributed by atoms with Crippen LogP contribution in [0.15, 0.2) is 66.7 Å². The molecule has 0 spiro atoms. The molecule has 0 bridgehead atoms. The van der Waals surface area contributed by atoms with Crippen molar-refractivity contribution in [1.82, 2.24) is 0 Å². The van der Waals surface area contributed by atoms with Gasteiger partial charge in [-0.3, -0.25) is 9.59 Å². The molecular formula is C24H20ClF3N2O4. The summed E-state index contributed by atoms with van der Waals surface area (Å²) in [5.41, 5.74) is -0.275. The maximum Gasteiger partial charge on any atom is 0.416 e. The number of nitrogens with one attached hydrogen (secondary N) is 2. The van der Waals surface area contributed by atoms with E-state index in [9.17, 15) is 22.8 Å². The highest BCUT2D eigenvalue weighted by atomic mass is 35.5. The number of anilines is 2. The molecule has 3 aromatic carbocycles. The summed E-state index contributed by atoms with van der Waals surface area (Å²) in [5.74, 6) is -0.275. The molecule has 0 unspecified atom stereocenters. The van der Waals surface area contributed by atoms with Crippen LogP contribution >= 0.6 is 11.6 Å². The first-order valence-corrected chi connectivity index (χ1v) is 10.3. The van der Waals surface area contributed by atoms with Crippen LogP contribution in [0.5, 0.6) is 11.5 Å². The Morgan fingerprint density at radius 3 is 2.26 bits per heavy atom. The quantitative estimate of drug-likeness (QED) is 0.422. The Labute approximate surface area is 198 Å². The zero-order chi connectivity index (χ0) is 24.9. The molecule has 34 heavy (non-hydrogen) atoms. The van der Waals surface area contributed by atoms with E-state index in [0.29, 0.717) is 17.0 Å². The van der Waals surface area contributed by atoms with Crippen LogP contribution in [0.1, 0.15) is 22.8 Å². The van der Waals surface area contributed by atoms with Gasteiger partial charge in [0.05, 0.1) is 29.1 Å². The first kappa shape index (κ1) is 24.9. The molecule has 0 aliphatic heterocycles. The number of hydrogen-bond donors (Lipinski definition) is 2. The number of benzene rings is 3. The summed E-state index contributed by atoms with van der Waals surface area (Å²) >= 11 is 5.91. The number of carbonyl (C=O) groups is 2. The molecule has 6 nitrogen and oxygen atoms in total. The fourth-order valence-electron chi connectivity index (χ4n) is 2.92. The zero-order valence-corrected chi connectivity index (χ0v) is 18.8. The molecule has 0 aromatic heterocycles. The highest BCUT2D eigenvalue weighted by molar-refractivity contribution is 6.33.